The number of benzene rings is 1. The lowest BCUT2D eigenvalue weighted by Gasteiger charge is -2.42. The Labute approximate surface area is 163 Å². The van der Waals surface area contributed by atoms with Crippen LogP contribution in [0.2, 0.25) is 0 Å². The second kappa shape index (κ2) is 6.72. The Morgan fingerprint density at radius 3 is 2.82 bits per heavy atom. The highest BCUT2D eigenvalue weighted by Gasteiger charge is 2.36. The first-order valence-electron chi connectivity index (χ1n) is 9.83. The molecule has 0 radical (unpaired) electrons. The third kappa shape index (κ3) is 2.89. The second-order valence-corrected chi connectivity index (χ2v) is 8.03. The lowest BCUT2D eigenvalue weighted by Crippen LogP contribution is -2.54. The summed E-state index contributed by atoms with van der Waals surface area (Å²) in [6, 6.07) is 6.79. The van der Waals surface area contributed by atoms with Gasteiger partial charge in [-0.3, -0.25) is 24.7 Å². The van der Waals surface area contributed by atoms with E-state index in [1.807, 2.05) is 11.0 Å². The molecule has 6 nitrogen and oxygen atoms in total. The number of rotatable bonds is 4. The average molecular weight is 376 g/mol. The Morgan fingerprint density at radius 2 is 2.04 bits per heavy atom. The van der Waals surface area contributed by atoms with Gasteiger partial charge in [0, 0.05) is 48.7 Å². The number of nitrogens with one attached hydrogen (secondary N) is 2. The quantitative estimate of drug-likeness (QED) is 0.628. The molecule has 1 aromatic carbocycles. The highest BCUT2D eigenvalue weighted by atomic mass is 16.2. The Morgan fingerprint density at radius 1 is 1.21 bits per heavy atom. The summed E-state index contributed by atoms with van der Waals surface area (Å²) >= 11 is 0. The van der Waals surface area contributed by atoms with Crippen molar-refractivity contribution in [3.05, 3.63) is 54.3 Å². The number of carbonyl (C=O) groups excluding carboxylic acids is 2. The van der Waals surface area contributed by atoms with Crippen molar-refractivity contribution < 1.29 is 9.59 Å². The molecule has 6 heteroatoms. The zero-order valence-corrected chi connectivity index (χ0v) is 15.8. The molecule has 3 aliphatic rings. The largest absolute Gasteiger partial charge is 0.361 e. The molecule has 0 unspecified atom stereocenters. The molecule has 2 atom stereocenters. The van der Waals surface area contributed by atoms with Gasteiger partial charge < -0.3 is 4.98 Å². The van der Waals surface area contributed by atoms with Crippen molar-refractivity contribution in [2.75, 3.05) is 32.7 Å². The van der Waals surface area contributed by atoms with Crippen LogP contribution in [0.3, 0.4) is 0 Å². The summed E-state index contributed by atoms with van der Waals surface area (Å²) in [5.74, 6) is -0.152. The van der Waals surface area contributed by atoms with Crippen molar-refractivity contribution in [2.24, 2.45) is 5.92 Å². The summed E-state index contributed by atoms with van der Waals surface area (Å²) in [6.45, 7) is 6.96. The third-order valence-electron chi connectivity index (χ3n) is 6.07. The van der Waals surface area contributed by atoms with Crippen molar-refractivity contribution in [1.29, 1.82) is 0 Å². The third-order valence-corrected chi connectivity index (χ3v) is 6.07. The smallest absolute Gasteiger partial charge is 0.240 e. The van der Waals surface area contributed by atoms with Crippen molar-refractivity contribution in [1.82, 2.24) is 20.1 Å². The van der Waals surface area contributed by atoms with E-state index < -0.39 is 0 Å². The highest BCUT2D eigenvalue weighted by Crippen LogP contribution is 2.41. The van der Waals surface area contributed by atoms with E-state index in [1.165, 1.54) is 27.6 Å². The first kappa shape index (κ1) is 17.4. The van der Waals surface area contributed by atoms with Crippen LogP contribution in [-0.2, 0) is 16.0 Å². The normalized spacial score (nSPS) is 25.4. The van der Waals surface area contributed by atoms with E-state index in [4.69, 9.17) is 0 Å². The minimum absolute atomic E-state index is 0.208. The van der Waals surface area contributed by atoms with Crippen LogP contribution in [0, 0.1) is 5.92 Å². The molecular weight excluding hydrogens is 352 g/mol. The van der Waals surface area contributed by atoms with Crippen molar-refractivity contribution in [3.63, 3.8) is 0 Å². The van der Waals surface area contributed by atoms with Crippen LogP contribution >= 0.6 is 0 Å². The molecule has 0 saturated carbocycles. The molecule has 2 aromatic rings. The Balaban J connectivity index is 1.50. The fraction of sp³-hybridized carbons (Fsp3) is 0.364. The summed E-state index contributed by atoms with van der Waals surface area (Å²) in [5, 5.41) is 3.71. The fourth-order valence-corrected chi connectivity index (χ4v) is 5.05. The van der Waals surface area contributed by atoms with Crippen LogP contribution in [0.1, 0.15) is 11.1 Å². The number of carbonyl (C=O) groups is 2. The monoisotopic (exact) mass is 376 g/mol. The van der Waals surface area contributed by atoms with E-state index in [2.05, 4.69) is 52.3 Å². The number of hydrogen-bond acceptors (Lipinski definition) is 4. The molecule has 0 spiro atoms. The first-order valence-corrected chi connectivity index (χ1v) is 9.83. The number of imide groups is 1. The maximum Gasteiger partial charge on any atom is 0.240 e. The van der Waals surface area contributed by atoms with Gasteiger partial charge in [0.2, 0.25) is 11.8 Å². The van der Waals surface area contributed by atoms with Crippen LogP contribution in [0.15, 0.2) is 43.1 Å². The van der Waals surface area contributed by atoms with Crippen molar-refractivity contribution in [3.8, 4) is 0 Å². The summed E-state index contributed by atoms with van der Waals surface area (Å²) in [6.07, 6.45) is 7.48. The summed E-state index contributed by atoms with van der Waals surface area (Å²) < 4.78 is 0. The van der Waals surface area contributed by atoms with Gasteiger partial charge in [-0.1, -0.05) is 24.3 Å². The molecule has 2 N–H and O–H groups in total. The standard InChI is InChI=1S/C22H24N4O2/c1-2-6-26-11-14(10-25-12-20(27)24-21(28)13-25)7-17-16-4-3-5-18-22(16)15(9-23-18)8-19(17)26/h2-5,7,9,14,19,23H,1,6,8,10-13H2,(H,24,27,28)/t14-,19+/m0/s1. The van der Waals surface area contributed by atoms with E-state index in [9.17, 15) is 9.59 Å². The van der Waals surface area contributed by atoms with Gasteiger partial charge in [-0.15, -0.1) is 6.58 Å². The van der Waals surface area contributed by atoms with Crippen LogP contribution in [0.4, 0.5) is 0 Å². The lowest BCUT2D eigenvalue weighted by atomic mass is 9.79. The maximum atomic E-state index is 11.7. The number of fused-ring (bicyclic) bond motifs is 2. The van der Waals surface area contributed by atoms with E-state index in [0.717, 1.165) is 19.5 Å². The SMILES string of the molecule is C=CCN1C[C@H](CN2CC(=O)NC(=O)C2)C=C2c3cccc4[nH]cc(c34)C[C@H]21. The predicted molar refractivity (Wildman–Crippen MR) is 109 cm³/mol. The first-order chi connectivity index (χ1) is 13.6. The molecule has 1 fully saturated rings. The lowest BCUT2D eigenvalue weighted by molar-refractivity contribution is -0.136. The molecule has 1 aromatic heterocycles. The number of piperazine rings is 1. The number of H-pyrrole nitrogens is 1. The van der Waals surface area contributed by atoms with E-state index in [1.54, 1.807) is 0 Å². The summed E-state index contributed by atoms with van der Waals surface area (Å²) in [4.78, 5) is 31.3. The van der Waals surface area contributed by atoms with Gasteiger partial charge in [0.1, 0.15) is 0 Å². The Kier molecular flexibility index (Phi) is 4.18. The molecule has 144 valence electrons. The number of aromatic nitrogens is 1. The number of amides is 2. The van der Waals surface area contributed by atoms with Crippen molar-refractivity contribution >= 4 is 28.3 Å². The van der Waals surface area contributed by atoms with Crippen LogP contribution in [0.25, 0.3) is 16.5 Å². The molecular formula is C22H24N4O2. The maximum absolute atomic E-state index is 11.7. The summed E-state index contributed by atoms with van der Waals surface area (Å²) in [7, 11) is 0. The molecule has 1 aliphatic carbocycles. The van der Waals surface area contributed by atoms with Crippen LogP contribution < -0.4 is 5.32 Å². The number of nitrogens with zero attached hydrogens (tertiary/aromatic N) is 2. The Bertz CT molecular complexity index is 989. The molecule has 5 rings (SSSR count). The summed E-state index contributed by atoms with van der Waals surface area (Å²) in [5.41, 5.74) is 5.22. The number of hydrogen-bond donors (Lipinski definition) is 2. The van der Waals surface area contributed by atoms with E-state index in [-0.39, 0.29) is 30.8 Å². The minimum atomic E-state index is -0.208. The average Bonchev–Trinajstić information content (AvgIpc) is 3.06. The van der Waals surface area contributed by atoms with E-state index in [0.29, 0.717) is 12.6 Å². The molecule has 0 bridgehead atoms. The van der Waals surface area contributed by atoms with Gasteiger partial charge >= 0.3 is 0 Å². The minimum Gasteiger partial charge on any atom is -0.361 e. The van der Waals surface area contributed by atoms with Crippen LogP contribution in [-0.4, -0.2) is 65.4 Å². The predicted octanol–water partition coefficient (Wildman–Crippen LogP) is 1.55. The van der Waals surface area contributed by atoms with E-state index >= 15 is 0 Å². The molecule has 3 heterocycles. The number of aromatic amines is 1. The molecule has 2 aliphatic heterocycles. The van der Waals surface area contributed by atoms with Gasteiger partial charge in [0.25, 0.3) is 0 Å². The van der Waals surface area contributed by atoms with Crippen molar-refractivity contribution in [2.45, 2.75) is 12.5 Å². The molecule has 28 heavy (non-hydrogen) atoms. The molecule has 2 amide bonds. The van der Waals surface area contributed by atoms with Crippen LogP contribution in [0.5, 0.6) is 0 Å². The Hall–Kier alpha value is -2.70. The second-order valence-electron chi connectivity index (χ2n) is 8.03. The molecule has 1 saturated heterocycles. The zero-order valence-electron chi connectivity index (χ0n) is 15.8. The van der Waals surface area contributed by atoms with Gasteiger partial charge in [-0.2, -0.15) is 0 Å². The van der Waals surface area contributed by atoms with Gasteiger partial charge in [-0.05, 0) is 29.2 Å². The van der Waals surface area contributed by atoms with Gasteiger partial charge in [-0.25, -0.2) is 0 Å². The zero-order chi connectivity index (χ0) is 19.3. The topological polar surface area (TPSA) is 68.4 Å². The van der Waals surface area contributed by atoms with Gasteiger partial charge in [0.15, 0.2) is 0 Å². The van der Waals surface area contributed by atoms with Gasteiger partial charge in [0.05, 0.1) is 13.1 Å². The highest BCUT2D eigenvalue weighted by molar-refractivity contribution is 5.99. The fourth-order valence-electron chi connectivity index (χ4n) is 5.05.